The van der Waals surface area contributed by atoms with Gasteiger partial charge in [-0.25, -0.2) is 0 Å². The molecule has 1 rings (SSSR count). The monoisotopic (exact) mass is 253 g/mol. The molecule has 0 saturated heterocycles. The van der Waals surface area contributed by atoms with E-state index in [4.69, 9.17) is 10.2 Å². The van der Waals surface area contributed by atoms with E-state index < -0.39 is 0 Å². The van der Waals surface area contributed by atoms with Gasteiger partial charge < -0.3 is 10.2 Å². The van der Waals surface area contributed by atoms with Gasteiger partial charge in [0.2, 0.25) is 0 Å². The summed E-state index contributed by atoms with van der Waals surface area (Å²) in [5.41, 5.74) is 0. The van der Waals surface area contributed by atoms with E-state index in [9.17, 15) is 0 Å². The Kier molecular flexibility index (Phi) is 6.23. The van der Waals surface area contributed by atoms with Gasteiger partial charge in [0, 0.05) is 24.0 Å². The summed E-state index contributed by atoms with van der Waals surface area (Å²) in [4.78, 5) is 4.42. The summed E-state index contributed by atoms with van der Waals surface area (Å²) in [7, 11) is 0. The lowest BCUT2D eigenvalue weighted by Gasteiger charge is -2.24. The van der Waals surface area contributed by atoms with E-state index in [1.807, 2.05) is 6.07 Å². The van der Waals surface area contributed by atoms with Crippen molar-refractivity contribution >= 4 is 11.3 Å². The van der Waals surface area contributed by atoms with Crippen LogP contribution >= 0.6 is 11.3 Å². The van der Waals surface area contributed by atoms with Crippen LogP contribution in [0.2, 0.25) is 0 Å². The highest BCUT2D eigenvalue weighted by molar-refractivity contribution is 7.12. The van der Waals surface area contributed by atoms with E-state index in [-0.39, 0.29) is 13.2 Å². The van der Waals surface area contributed by atoms with Crippen molar-refractivity contribution in [1.29, 1.82) is 0 Å². The highest BCUT2D eigenvalue weighted by atomic mass is 32.1. The average molecular weight is 253 g/mol. The van der Waals surface area contributed by atoms with Gasteiger partial charge in [-0.05, 0) is 26.0 Å². The van der Waals surface area contributed by atoms with Gasteiger partial charge in [0.25, 0.3) is 0 Å². The smallest absolute Gasteiger partial charge is 0.104 e. The van der Waals surface area contributed by atoms with Gasteiger partial charge in [-0.1, -0.05) is 11.8 Å². The molecule has 0 fully saturated rings. The fraction of sp³-hybridized carbons (Fsp3) is 0.538. The molecule has 0 aromatic carbocycles. The van der Waals surface area contributed by atoms with E-state index >= 15 is 0 Å². The molecule has 1 heterocycles. The second kappa shape index (κ2) is 7.46. The van der Waals surface area contributed by atoms with E-state index in [0.717, 1.165) is 11.4 Å². The summed E-state index contributed by atoms with van der Waals surface area (Å²) in [5.74, 6) is 5.54. The van der Waals surface area contributed by atoms with E-state index in [1.54, 1.807) is 11.3 Å². The summed E-state index contributed by atoms with van der Waals surface area (Å²) in [5, 5.41) is 17.6. The molecule has 0 aliphatic rings. The van der Waals surface area contributed by atoms with Crippen LogP contribution in [-0.2, 0) is 6.54 Å². The molecule has 17 heavy (non-hydrogen) atoms. The molecule has 0 atom stereocenters. The van der Waals surface area contributed by atoms with Crippen LogP contribution in [0.1, 0.15) is 23.6 Å². The van der Waals surface area contributed by atoms with Gasteiger partial charge in [0.15, 0.2) is 0 Å². The van der Waals surface area contributed by atoms with Crippen molar-refractivity contribution in [3.8, 4) is 11.8 Å². The molecule has 0 radical (unpaired) electrons. The molecule has 1 aromatic rings. The van der Waals surface area contributed by atoms with Crippen LogP contribution in [0.15, 0.2) is 12.1 Å². The molecule has 94 valence electrons. The number of rotatable bonds is 5. The van der Waals surface area contributed by atoms with Gasteiger partial charge in [-0.2, -0.15) is 0 Å². The number of aliphatic hydroxyl groups excluding tert-OH is 2. The van der Waals surface area contributed by atoms with Gasteiger partial charge in [-0.3, -0.25) is 4.90 Å². The minimum Gasteiger partial charge on any atom is -0.395 e. The summed E-state index contributed by atoms with van der Waals surface area (Å²) in [6.07, 6.45) is 0. The maximum Gasteiger partial charge on any atom is 0.104 e. The van der Waals surface area contributed by atoms with Gasteiger partial charge >= 0.3 is 0 Å². The van der Waals surface area contributed by atoms with Crippen molar-refractivity contribution in [2.45, 2.75) is 26.4 Å². The number of hydrogen-bond donors (Lipinski definition) is 2. The minimum absolute atomic E-state index is 0.101. The van der Waals surface area contributed by atoms with Crippen LogP contribution < -0.4 is 0 Å². The quantitative estimate of drug-likeness (QED) is 0.777. The van der Waals surface area contributed by atoms with Crippen molar-refractivity contribution in [2.75, 3.05) is 19.8 Å². The second-order valence-corrected chi connectivity index (χ2v) is 5.18. The van der Waals surface area contributed by atoms with Crippen molar-refractivity contribution in [3.05, 3.63) is 21.9 Å². The highest BCUT2D eigenvalue weighted by Crippen LogP contribution is 2.18. The predicted molar refractivity (Wildman–Crippen MR) is 70.9 cm³/mol. The first kappa shape index (κ1) is 14.2. The zero-order valence-corrected chi connectivity index (χ0v) is 11.1. The summed E-state index contributed by atoms with van der Waals surface area (Å²) >= 11 is 1.64. The minimum atomic E-state index is -0.101. The van der Waals surface area contributed by atoms with Crippen molar-refractivity contribution in [3.63, 3.8) is 0 Å². The largest absolute Gasteiger partial charge is 0.395 e. The predicted octanol–water partition coefficient (Wildman–Crippen LogP) is 1.29. The Balaban J connectivity index is 2.63. The van der Waals surface area contributed by atoms with Crippen LogP contribution in [0.25, 0.3) is 0 Å². The molecule has 0 spiro atoms. The summed E-state index contributed by atoms with van der Waals surface area (Å²) < 4.78 is 0. The molecule has 0 amide bonds. The third-order valence-corrected chi connectivity index (χ3v) is 3.41. The van der Waals surface area contributed by atoms with Gasteiger partial charge in [-0.15, -0.1) is 11.3 Å². The third-order valence-electron chi connectivity index (χ3n) is 2.43. The first-order valence-electron chi connectivity index (χ1n) is 5.70. The van der Waals surface area contributed by atoms with Gasteiger partial charge in [0.05, 0.1) is 11.5 Å². The molecule has 4 heteroatoms. The Hall–Kier alpha value is -0.860. The molecule has 0 aliphatic heterocycles. The lowest BCUT2D eigenvalue weighted by Crippen LogP contribution is -2.32. The Bertz CT molecular complexity index is 390. The molecule has 2 N–H and O–H groups in total. The second-order valence-electron chi connectivity index (χ2n) is 4.01. The van der Waals surface area contributed by atoms with Crippen LogP contribution in [0.5, 0.6) is 0 Å². The Morgan fingerprint density at radius 3 is 2.71 bits per heavy atom. The number of aliphatic hydroxyl groups is 2. The first-order chi connectivity index (χ1) is 8.17. The number of nitrogens with zero attached hydrogens (tertiary/aromatic N) is 1. The summed E-state index contributed by atoms with van der Waals surface area (Å²) in [6.45, 7) is 5.85. The Labute approximate surface area is 107 Å². The molecule has 0 unspecified atom stereocenters. The van der Waals surface area contributed by atoms with Crippen LogP contribution in [0.4, 0.5) is 0 Å². The standard InChI is InChI=1S/C13H19NO2S/c1-11(2)14(7-9-16)10-13-6-5-12(17-13)4-3-8-15/h5-6,11,15-16H,7-10H2,1-2H3. The third kappa shape index (κ3) is 4.88. The Morgan fingerprint density at radius 1 is 1.35 bits per heavy atom. The SMILES string of the molecule is CC(C)N(CCO)Cc1ccc(C#CCO)s1. The molecular formula is C13H19NO2S. The van der Waals surface area contributed by atoms with Crippen molar-refractivity contribution in [2.24, 2.45) is 0 Å². The van der Waals surface area contributed by atoms with Gasteiger partial charge in [0.1, 0.15) is 6.61 Å². The first-order valence-corrected chi connectivity index (χ1v) is 6.52. The van der Waals surface area contributed by atoms with Crippen molar-refractivity contribution in [1.82, 2.24) is 4.90 Å². The topological polar surface area (TPSA) is 43.7 Å². The lowest BCUT2D eigenvalue weighted by molar-refractivity contribution is 0.160. The molecular weight excluding hydrogens is 234 g/mol. The number of hydrogen-bond acceptors (Lipinski definition) is 4. The number of thiophene rings is 1. The molecule has 1 aromatic heterocycles. The van der Waals surface area contributed by atoms with Crippen molar-refractivity contribution < 1.29 is 10.2 Å². The maximum atomic E-state index is 9.00. The zero-order valence-electron chi connectivity index (χ0n) is 10.3. The lowest BCUT2D eigenvalue weighted by atomic mass is 10.3. The summed E-state index contributed by atoms with van der Waals surface area (Å²) in [6, 6.07) is 4.44. The molecule has 3 nitrogen and oxygen atoms in total. The fourth-order valence-electron chi connectivity index (χ4n) is 1.51. The van der Waals surface area contributed by atoms with Crippen LogP contribution in [0.3, 0.4) is 0 Å². The van der Waals surface area contributed by atoms with E-state index in [0.29, 0.717) is 12.6 Å². The highest BCUT2D eigenvalue weighted by Gasteiger charge is 2.10. The van der Waals surface area contributed by atoms with Crippen LogP contribution in [0, 0.1) is 11.8 Å². The molecule has 0 aliphatic carbocycles. The zero-order chi connectivity index (χ0) is 12.7. The van der Waals surface area contributed by atoms with E-state index in [1.165, 1.54) is 4.88 Å². The normalized spacial score (nSPS) is 10.7. The average Bonchev–Trinajstić information content (AvgIpc) is 2.73. The Morgan fingerprint density at radius 2 is 2.12 bits per heavy atom. The maximum absolute atomic E-state index is 9.00. The fourth-order valence-corrected chi connectivity index (χ4v) is 2.41. The van der Waals surface area contributed by atoms with Crippen LogP contribution in [-0.4, -0.2) is 40.9 Å². The van der Waals surface area contributed by atoms with E-state index in [2.05, 4.69) is 36.7 Å². The molecule has 0 bridgehead atoms. The molecule has 0 saturated carbocycles.